The standard InChI is InChI=1S/C11H18N2O4S2/c1-2-18(14,15)7-6-13-19(16,17)9-10-4-3-5-11(12)8-10/h3-5,8,13H,2,6-7,9,12H2,1H3. The molecule has 0 aromatic heterocycles. The van der Waals surface area contributed by atoms with Crippen molar-refractivity contribution < 1.29 is 16.8 Å². The second-order valence-corrected chi connectivity index (χ2v) is 8.41. The average molecular weight is 306 g/mol. The molecule has 1 aromatic carbocycles. The van der Waals surface area contributed by atoms with Crippen molar-refractivity contribution in [3.8, 4) is 0 Å². The van der Waals surface area contributed by atoms with Crippen molar-refractivity contribution >= 4 is 25.5 Å². The molecule has 0 amide bonds. The van der Waals surface area contributed by atoms with E-state index in [1.54, 1.807) is 24.3 Å². The van der Waals surface area contributed by atoms with E-state index in [0.717, 1.165) is 0 Å². The smallest absolute Gasteiger partial charge is 0.215 e. The minimum Gasteiger partial charge on any atom is -0.399 e. The molecule has 19 heavy (non-hydrogen) atoms. The van der Waals surface area contributed by atoms with Gasteiger partial charge in [-0.15, -0.1) is 0 Å². The van der Waals surface area contributed by atoms with Gasteiger partial charge in [-0.2, -0.15) is 0 Å². The number of benzene rings is 1. The Morgan fingerprint density at radius 2 is 1.89 bits per heavy atom. The monoisotopic (exact) mass is 306 g/mol. The molecule has 6 nitrogen and oxygen atoms in total. The number of hydrogen-bond donors (Lipinski definition) is 2. The van der Waals surface area contributed by atoms with Crippen molar-refractivity contribution in [3.63, 3.8) is 0 Å². The predicted octanol–water partition coefficient (Wildman–Crippen LogP) is 0.123. The predicted molar refractivity (Wildman–Crippen MR) is 75.8 cm³/mol. The minimum atomic E-state index is -3.55. The van der Waals surface area contributed by atoms with Crippen LogP contribution in [0.4, 0.5) is 5.69 Å². The topological polar surface area (TPSA) is 106 Å². The second kappa shape index (κ2) is 6.36. The molecule has 0 aliphatic heterocycles. The van der Waals surface area contributed by atoms with E-state index in [2.05, 4.69) is 4.72 Å². The highest BCUT2D eigenvalue weighted by atomic mass is 32.2. The summed E-state index contributed by atoms with van der Waals surface area (Å²) in [7, 11) is -6.72. The molecule has 0 spiro atoms. The van der Waals surface area contributed by atoms with Crippen molar-refractivity contribution in [1.82, 2.24) is 4.72 Å². The number of sulfone groups is 1. The van der Waals surface area contributed by atoms with Gasteiger partial charge in [0, 0.05) is 18.0 Å². The van der Waals surface area contributed by atoms with Gasteiger partial charge in [0.15, 0.2) is 9.84 Å². The first-order chi connectivity index (χ1) is 8.74. The molecule has 8 heteroatoms. The van der Waals surface area contributed by atoms with Crippen molar-refractivity contribution in [2.75, 3.05) is 23.8 Å². The summed E-state index contributed by atoms with van der Waals surface area (Å²) in [5.74, 6) is -0.409. The molecular weight excluding hydrogens is 288 g/mol. The molecule has 0 aliphatic carbocycles. The molecule has 0 unspecified atom stereocenters. The summed E-state index contributed by atoms with van der Waals surface area (Å²) in [5.41, 5.74) is 6.61. The number of nitrogens with one attached hydrogen (secondary N) is 1. The maximum Gasteiger partial charge on any atom is 0.215 e. The van der Waals surface area contributed by atoms with Gasteiger partial charge in [-0.25, -0.2) is 21.6 Å². The molecule has 0 saturated carbocycles. The van der Waals surface area contributed by atoms with Crippen LogP contribution >= 0.6 is 0 Å². The Morgan fingerprint density at radius 1 is 1.21 bits per heavy atom. The fourth-order valence-corrected chi connectivity index (χ4v) is 3.41. The molecule has 0 bridgehead atoms. The lowest BCUT2D eigenvalue weighted by molar-refractivity contribution is 0.580. The van der Waals surface area contributed by atoms with Crippen LogP contribution in [0.3, 0.4) is 0 Å². The van der Waals surface area contributed by atoms with Crippen LogP contribution in [0.2, 0.25) is 0 Å². The summed E-state index contributed by atoms with van der Waals surface area (Å²) in [6.45, 7) is 1.41. The van der Waals surface area contributed by atoms with Crippen LogP contribution in [0.25, 0.3) is 0 Å². The van der Waals surface area contributed by atoms with Crippen molar-refractivity contribution in [2.24, 2.45) is 0 Å². The Hall–Kier alpha value is -1.12. The van der Waals surface area contributed by atoms with Crippen LogP contribution < -0.4 is 10.5 Å². The summed E-state index contributed by atoms with van der Waals surface area (Å²) in [4.78, 5) is 0. The van der Waals surface area contributed by atoms with Gasteiger partial charge in [0.25, 0.3) is 0 Å². The van der Waals surface area contributed by atoms with Gasteiger partial charge in [-0.05, 0) is 17.7 Å². The maximum atomic E-state index is 11.7. The minimum absolute atomic E-state index is 0.00392. The van der Waals surface area contributed by atoms with Crippen LogP contribution in [0.1, 0.15) is 12.5 Å². The molecule has 0 radical (unpaired) electrons. The lowest BCUT2D eigenvalue weighted by Crippen LogP contribution is -2.30. The van der Waals surface area contributed by atoms with Crippen LogP contribution in [0.5, 0.6) is 0 Å². The molecule has 0 atom stereocenters. The molecule has 0 heterocycles. The highest BCUT2D eigenvalue weighted by molar-refractivity contribution is 7.91. The van der Waals surface area contributed by atoms with Gasteiger partial charge in [-0.3, -0.25) is 0 Å². The van der Waals surface area contributed by atoms with E-state index in [0.29, 0.717) is 11.3 Å². The van der Waals surface area contributed by atoms with Gasteiger partial charge in [0.1, 0.15) is 0 Å². The first-order valence-corrected chi connectivity index (χ1v) is 9.23. The summed E-state index contributed by atoms with van der Waals surface area (Å²) in [6, 6.07) is 6.56. The van der Waals surface area contributed by atoms with Crippen molar-refractivity contribution in [2.45, 2.75) is 12.7 Å². The van der Waals surface area contributed by atoms with E-state index in [1.165, 1.54) is 6.92 Å². The third-order valence-corrected chi connectivity index (χ3v) is 5.55. The molecule has 3 N–H and O–H groups in total. The zero-order chi connectivity index (χ0) is 14.5. The summed E-state index contributed by atoms with van der Waals surface area (Å²) in [5, 5.41) is 0. The molecule has 108 valence electrons. The first kappa shape index (κ1) is 15.9. The van der Waals surface area contributed by atoms with Gasteiger partial charge < -0.3 is 5.73 Å². The molecule has 0 saturated heterocycles. The van der Waals surface area contributed by atoms with Crippen molar-refractivity contribution in [1.29, 1.82) is 0 Å². The van der Waals surface area contributed by atoms with E-state index in [1.807, 2.05) is 0 Å². The normalized spacial score (nSPS) is 12.5. The number of nitrogen functional groups attached to an aromatic ring is 1. The zero-order valence-electron chi connectivity index (χ0n) is 10.7. The number of anilines is 1. The number of hydrogen-bond acceptors (Lipinski definition) is 5. The highest BCUT2D eigenvalue weighted by Gasteiger charge is 2.13. The van der Waals surface area contributed by atoms with Crippen LogP contribution in [-0.2, 0) is 25.6 Å². The fourth-order valence-electron chi connectivity index (χ4n) is 1.45. The zero-order valence-corrected chi connectivity index (χ0v) is 12.3. The SMILES string of the molecule is CCS(=O)(=O)CCNS(=O)(=O)Cc1cccc(N)c1. The number of sulfonamides is 1. The maximum absolute atomic E-state index is 11.7. The van der Waals surface area contributed by atoms with E-state index in [-0.39, 0.29) is 23.8 Å². The summed E-state index contributed by atoms with van der Waals surface area (Å²) < 4.78 is 48.2. The van der Waals surface area contributed by atoms with Gasteiger partial charge in [-0.1, -0.05) is 19.1 Å². The Labute approximate surface area is 114 Å². The molecule has 1 rings (SSSR count). The Balaban J connectivity index is 2.58. The van der Waals surface area contributed by atoms with Gasteiger partial charge in [0.05, 0.1) is 11.5 Å². The largest absolute Gasteiger partial charge is 0.399 e. The quantitative estimate of drug-likeness (QED) is 0.696. The average Bonchev–Trinajstić information content (AvgIpc) is 2.27. The lowest BCUT2D eigenvalue weighted by atomic mass is 10.2. The fraction of sp³-hybridized carbons (Fsp3) is 0.455. The molecule has 0 fully saturated rings. The lowest BCUT2D eigenvalue weighted by Gasteiger charge is -2.07. The number of rotatable bonds is 7. The van der Waals surface area contributed by atoms with Gasteiger partial charge in [0.2, 0.25) is 10.0 Å². The third-order valence-electron chi connectivity index (χ3n) is 2.48. The van der Waals surface area contributed by atoms with Crippen LogP contribution in [0, 0.1) is 0 Å². The van der Waals surface area contributed by atoms with E-state index < -0.39 is 19.9 Å². The summed E-state index contributed by atoms with van der Waals surface area (Å²) in [6.07, 6.45) is 0. The molecular formula is C11H18N2O4S2. The van der Waals surface area contributed by atoms with Crippen LogP contribution in [-0.4, -0.2) is 34.9 Å². The highest BCUT2D eigenvalue weighted by Crippen LogP contribution is 2.09. The second-order valence-electron chi connectivity index (χ2n) is 4.13. The third kappa shape index (κ3) is 6.04. The Kier molecular flexibility index (Phi) is 5.33. The van der Waals surface area contributed by atoms with Crippen LogP contribution in [0.15, 0.2) is 24.3 Å². The van der Waals surface area contributed by atoms with Gasteiger partial charge >= 0.3 is 0 Å². The van der Waals surface area contributed by atoms with E-state index >= 15 is 0 Å². The summed E-state index contributed by atoms with van der Waals surface area (Å²) >= 11 is 0. The van der Waals surface area contributed by atoms with E-state index in [4.69, 9.17) is 5.73 Å². The molecule has 0 aliphatic rings. The molecule has 1 aromatic rings. The van der Waals surface area contributed by atoms with E-state index in [9.17, 15) is 16.8 Å². The van der Waals surface area contributed by atoms with Crippen molar-refractivity contribution in [3.05, 3.63) is 29.8 Å². The Morgan fingerprint density at radius 3 is 2.47 bits per heavy atom. The Bertz CT molecular complexity index is 624. The number of nitrogens with two attached hydrogens (primary N) is 1. The first-order valence-electron chi connectivity index (χ1n) is 5.76.